The summed E-state index contributed by atoms with van der Waals surface area (Å²) in [6.07, 6.45) is 1.68. The van der Waals surface area contributed by atoms with Gasteiger partial charge in [0.1, 0.15) is 18.0 Å². The van der Waals surface area contributed by atoms with Crippen molar-refractivity contribution >= 4 is 17.3 Å². The molecule has 2 rings (SSSR count). The van der Waals surface area contributed by atoms with Crippen molar-refractivity contribution in [3.05, 3.63) is 75.9 Å². The maximum absolute atomic E-state index is 12.4. The van der Waals surface area contributed by atoms with Gasteiger partial charge >= 0.3 is 0 Å². The number of aryl methyl sites for hydroxylation is 2. The molecule has 0 unspecified atom stereocenters. The molecular formula is C21H25N3O4. The van der Waals surface area contributed by atoms with E-state index in [-0.39, 0.29) is 23.8 Å². The molecular weight excluding hydrogens is 358 g/mol. The minimum atomic E-state index is -0.484. The monoisotopic (exact) mass is 383 g/mol. The number of nitro groups is 1. The second-order valence-corrected chi connectivity index (χ2v) is 6.67. The molecule has 0 fully saturated rings. The molecule has 1 N–H and O–H groups in total. The summed E-state index contributed by atoms with van der Waals surface area (Å²) in [6.45, 7) is 8.38. The van der Waals surface area contributed by atoms with Gasteiger partial charge in [0.25, 0.3) is 5.69 Å². The molecule has 0 aliphatic carbocycles. The van der Waals surface area contributed by atoms with E-state index in [1.54, 1.807) is 19.1 Å². The van der Waals surface area contributed by atoms with E-state index >= 15 is 0 Å². The van der Waals surface area contributed by atoms with Gasteiger partial charge in [0, 0.05) is 12.6 Å². The van der Waals surface area contributed by atoms with Crippen LogP contribution in [0.3, 0.4) is 0 Å². The van der Waals surface area contributed by atoms with Gasteiger partial charge in [-0.25, -0.2) is 0 Å². The van der Waals surface area contributed by atoms with Crippen LogP contribution in [-0.2, 0) is 11.3 Å². The van der Waals surface area contributed by atoms with Gasteiger partial charge in [0.05, 0.1) is 11.5 Å². The Kier molecular flexibility index (Phi) is 7.28. The number of nitro benzene ring substituents is 1. The minimum absolute atomic E-state index is 0.103. The molecule has 0 saturated heterocycles. The molecule has 0 saturated carbocycles. The molecule has 0 aliphatic rings. The first kappa shape index (κ1) is 21.1. The van der Waals surface area contributed by atoms with Crippen LogP contribution in [0.4, 0.5) is 11.4 Å². The number of benzene rings is 2. The average Bonchev–Trinajstić information content (AvgIpc) is 2.63. The standard InChI is InChI=1S/C21H25N3O4/c1-5-10-28-18-8-6-17(7-9-18)13-23(4)14-21(25)22-19-11-15(2)16(3)12-20(19)24(26)27/h5-9,11-12H,1,10,13-14H2,2-4H3,(H,22,25). The zero-order valence-electron chi connectivity index (χ0n) is 16.4. The van der Waals surface area contributed by atoms with Crippen molar-refractivity contribution in [2.75, 3.05) is 25.5 Å². The summed E-state index contributed by atoms with van der Waals surface area (Å²) in [7, 11) is 1.82. The number of anilines is 1. The predicted octanol–water partition coefficient (Wildman–Crippen LogP) is 3.85. The number of hydrogen-bond acceptors (Lipinski definition) is 5. The summed E-state index contributed by atoms with van der Waals surface area (Å²) in [5.74, 6) is 0.450. The number of nitrogens with one attached hydrogen (secondary N) is 1. The number of rotatable bonds is 9. The summed E-state index contributed by atoms with van der Waals surface area (Å²) < 4.78 is 5.44. The Bertz CT molecular complexity index is 863. The molecule has 7 heteroatoms. The van der Waals surface area contributed by atoms with Gasteiger partial charge in [-0.2, -0.15) is 0 Å². The van der Waals surface area contributed by atoms with E-state index in [2.05, 4.69) is 11.9 Å². The Morgan fingerprint density at radius 2 is 1.89 bits per heavy atom. The summed E-state index contributed by atoms with van der Waals surface area (Å²) >= 11 is 0. The number of nitrogens with zero attached hydrogens (tertiary/aromatic N) is 2. The second-order valence-electron chi connectivity index (χ2n) is 6.67. The van der Waals surface area contributed by atoms with Crippen molar-refractivity contribution in [2.24, 2.45) is 0 Å². The van der Waals surface area contributed by atoms with Crippen LogP contribution in [0.5, 0.6) is 5.75 Å². The highest BCUT2D eigenvalue weighted by molar-refractivity contribution is 5.94. The van der Waals surface area contributed by atoms with Crippen LogP contribution >= 0.6 is 0 Å². The van der Waals surface area contributed by atoms with E-state index in [4.69, 9.17) is 4.74 Å². The van der Waals surface area contributed by atoms with Gasteiger partial charge in [-0.05, 0) is 55.8 Å². The highest BCUT2D eigenvalue weighted by atomic mass is 16.6. The molecule has 0 spiro atoms. The first-order valence-corrected chi connectivity index (χ1v) is 8.87. The molecule has 0 bridgehead atoms. The summed E-state index contributed by atoms with van der Waals surface area (Å²) in [4.78, 5) is 25.0. The molecule has 28 heavy (non-hydrogen) atoms. The Hall–Kier alpha value is -3.19. The van der Waals surface area contributed by atoms with Crippen LogP contribution in [0, 0.1) is 24.0 Å². The lowest BCUT2D eigenvalue weighted by molar-refractivity contribution is -0.384. The van der Waals surface area contributed by atoms with E-state index in [0.29, 0.717) is 13.2 Å². The smallest absolute Gasteiger partial charge is 0.293 e. The number of carbonyl (C=O) groups excluding carboxylic acids is 1. The van der Waals surface area contributed by atoms with Gasteiger partial charge in [-0.1, -0.05) is 24.8 Å². The number of hydrogen-bond donors (Lipinski definition) is 1. The Balaban J connectivity index is 1.96. The van der Waals surface area contributed by atoms with Gasteiger partial charge in [-0.3, -0.25) is 19.8 Å². The van der Waals surface area contributed by atoms with E-state index in [1.165, 1.54) is 6.07 Å². The fourth-order valence-electron chi connectivity index (χ4n) is 2.70. The third-order valence-corrected chi connectivity index (χ3v) is 4.24. The van der Waals surface area contributed by atoms with Gasteiger partial charge < -0.3 is 10.1 Å². The van der Waals surface area contributed by atoms with Crippen LogP contribution in [-0.4, -0.2) is 35.9 Å². The quantitative estimate of drug-likeness (QED) is 0.404. The fraction of sp³-hybridized carbons (Fsp3) is 0.286. The molecule has 2 aromatic carbocycles. The number of amides is 1. The van der Waals surface area contributed by atoms with Crippen molar-refractivity contribution in [1.82, 2.24) is 4.90 Å². The Morgan fingerprint density at radius 1 is 1.25 bits per heavy atom. The molecule has 0 heterocycles. The van der Waals surface area contributed by atoms with E-state index in [0.717, 1.165) is 22.4 Å². The van der Waals surface area contributed by atoms with Gasteiger partial charge in [0.2, 0.25) is 5.91 Å². The molecule has 0 atom stereocenters. The van der Waals surface area contributed by atoms with Crippen molar-refractivity contribution in [1.29, 1.82) is 0 Å². The van der Waals surface area contributed by atoms with Crippen LogP contribution in [0.2, 0.25) is 0 Å². The largest absolute Gasteiger partial charge is 0.490 e. The molecule has 0 radical (unpaired) electrons. The Morgan fingerprint density at radius 3 is 2.50 bits per heavy atom. The number of ether oxygens (including phenoxy) is 1. The lowest BCUT2D eigenvalue weighted by Gasteiger charge is -2.17. The maximum Gasteiger partial charge on any atom is 0.293 e. The molecule has 1 amide bonds. The van der Waals surface area contributed by atoms with E-state index in [1.807, 2.05) is 43.1 Å². The first-order valence-electron chi connectivity index (χ1n) is 8.87. The van der Waals surface area contributed by atoms with Crippen LogP contribution in [0.15, 0.2) is 49.1 Å². The topological polar surface area (TPSA) is 84.7 Å². The van der Waals surface area contributed by atoms with Crippen molar-refractivity contribution < 1.29 is 14.5 Å². The number of carbonyl (C=O) groups is 1. The van der Waals surface area contributed by atoms with Crippen molar-refractivity contribution in [3.63, 3.8) is 0 Å². The molecule has 0 aromatic heterocycles. The lowest BCUT2D eigenvalue weighted by atomic mass is 10.1. The number of likely N-dealkylation sites (N-methyl/N-ethyl adjacent to an activating group) is 1. The third kappa shape index (κ3) is 5.92. The highest BCUT2D eigenvalue weighted by Gasteiger charge is 2.18. The first-order chi connectivity index (χ1) is 13.3. The zero-order chi connectivity index (χ0) is 20.7. The van der Waals surface area contributed by atoms with E-state index in [9.17, 15) is 14.9 Å². The highest BCUT2D eigenvalue weighted by Crippen LogP contribution is 2.27. The van der Waals surface area contributed by atoms with Crippen LogP contribution < -0.4 is 10.1 Å². The summed E-state index contributed by atoms with van der Waals surface area (Å²) in [5.41, 5.74) is 2.83. The summed E-state index contributed by atoms with van der Waals surface area (Å²) in [5, 5.41) is 13.9. The predicted molar refractivity (Wildman–Crippen MR) is 110 cm³/mol. The average molecular weight is 383 g/mol. The van der Waals surface area contributed by atoms with Gasteiger partial charge in [-0.15, -0.1) is 0 Å². The van der Waals surface area contributed by atoms with Crippen LogP contribution in [0.1, 0.15) is 16.7 Å². The lowest BCUT2D eigenvalue weighted by Crippen LogP contribution is -2.30. The maximum atomic E-state index is 12.4. The molecule has 7 nitrogen and oxygen atoms in total. The Labute approximate surface area is 164 Å². The second kappa shape index (κ2) is 9.66. The van der Waals surface area contributed by atoms with Crippen molar-refractivity contribution in [2.45, 2.75) is 20.4 Å². The molecule has 148 valence electrons. The normalized spacial score (nSPS) is 10.6. The molecule has 0 aliphatic heterocycles. The van der Waals surface area contributed by atoms with E-state index < -0.39 is 4.92 Å². The van der Waals surface area contributed by atoms with Crippen molar-refractivity contribution in [3.8, 4) is 5.75 Å². The van der Waals surface area contributed by atoms with Gasteiger partial charge in [0.15, 0.2) is 0 Å². The summed E-state index contributed by atoms with van der Waals surface area (Å²) in [6, 6.07) is 10.7. The SMILES string of the molecule is C=CCOc1ccc(CN(C)CC(=O)Nc2cc(C)c(C)cc2[N+](=O)[O-])cc1. The zero-order valence-corrected chi connectivity index (χ0v) is 16.4. The fourth-order valence-corrected chi connectivity index (χ4v) is 2.70. The van der Waals surface area contributed by atoms with Crippen LogP contribution in [0.25, 0.3) is 0 Å². The molecule has 2 aromatic rings. The minimum Gasteiger partial charge on any atom is -0.490 e. The third-order valence-electron chi connectivity index (χ3n) is 4.24.